The Morgan fingerprint density at radius 1 is 1.26 bits per heavy atom. The number of nitrogens with zero attached hydrogens (tertiary/aromatic N) is 2. The van der Waals surface area contributed by atoms with Crippen molar-refractivity contribution in [1.82, 2.24) is 9.55 Å². The van der Waals surface area contributed by atoms with Crippen LogP contribution in [0.1, 0.15) is 0 Å². The first-order valence-electron chi connectivity index (χ1n) is 5.85. The van der Waals surface area contributed by atoms with Gasteiger partial charge in [0.25, 0.3) is 5.56 Å². The Balaban J connectivity index is 2.31. The second kappa shape index (κ2) is 3.71. The molecule has 0 unspecified atom stereocenters. The molecule has 3 aromatic rings. The second-order valence-electron chi connectivity index (χ2n) is 4.31. The fourth-order valence-corrected chi connectivity index (χ4v) is 3.24. The summed E-state index contributed by atoms with van der Waals surface area (Å²) in [5.41, 5.74) is -0.0137. The van der Waals surface area contributed by atoms with E-state index < -0.39 is 0 Å². The van der Waals surface area contributed by atoms with E-state index in [4.69, 9.17) is 4.42 Å². The fraction of sp³-hybridized carbons (Fsp3) is 0.154. The lowest BCUT2D eigenvalue weighted by atomic mass is 10.2. The van der Waals surface area contributed by atoms with Crippen LogP contribution >= 0.6 is 11.8 Å². The summed E-state index contributed by atoms with van der Waals surface area (Å²) in [5, 5.41) is 1.08. The van der Waals surface area contributed by atoms with Crippen LogP contribution in [0.2, 0.25) is 0 Å². The smallest absolute Gasteiger partial charge is 0.269 e. The van der Waals surface area contributed by atoms with Crippen molar-refractivity contribution in [2.24, 2.45) is 0 Å². The summed E-state index contributed by atoms with van der Waals surface area (Å²) in [6.07, 6.45) is 0. The molecule has 0 fully saturated rings. The lowest BCUT2D eigenvalue weighted by Crippen LogP contribution is -2.25. The molecule has 0 atom stereocenters. The van der Waals surface area contributed by atoms with Crippen LogP contribution in [-0.2, 0) is 6.54 Å². The number of hydrogen-bond donors (Lipinski definition) is 0. The van der Waals surface area contributed by atoms with Crippen LogP contribution in [0.5, 0.6) is 0 Å². The first-order chi connectivity index (χ1) is 9.25. The number of rotatable bonds is 0. The first-order valence-corrected chi connectivity index (χ1v) is 6.83. The Hall–Kier alpha value is -2.08. The van der Waals surface area contributed by atoms with Crippen LogP contribution in [0.4, 0.5) is 0 Å². The van der Waals surface area contributed by atoms with Crippen LogP contribution in [0.15, 0.2) is 43.4 Å². The molecule has 94 valence electrons. The molecule has 0 spiro atoms. The van der Waals surface area contributed by atoms with E-state index >= 15 is 0 Å². The Kier molecular flexibility index (Phi) is 2.11. The Morgan fingerprint density at radius 2 is 2.11 bits per heavy atom. The molecule has 1 aromatic carbocycles. The zero-order valence-corrected chi connectivity index (χ0v) is 10.6. The van der Waals surface area contributed by atoms with E-state index in [9.17, 15) is 9.59 Å². The number of fused-ring (bicyclic) bond motifs is 3. The average Bonchev–Trinajstić information content (AvgIpc) is 2.87. The van der Waals surface area contributed by atoms with Gasteiger partial charge in [-0.15, -0.1) is 0 Å². The van der Waals surface area contributed by atoms with Crippen LogP contribution in [0, 0.1) is 0 Å². The predicted octanol–water partition coefficient (Wildman–Crippen LogP) is 1.61. The van der Waals surface area contributed by atoms with Gasteiger partial charge in [0, 0.05) is 12.3 Å². The van der Waals surface area contributed by atoms with Crippen LogP contribution in [0.25, 0.3) is 22.1 Å². The SMILES string of the molecule is O=c1c2ccccc2oc2nc3n(c(=O)c12)CCS3. The maximum absolute atomic E-state index is 12.4. The van der Waals surface area contributed by atoms with Crippen molar-refractivity contribution < 1.29 is 4.42 Å². The maximum Gasteiger partial charge on any atom is 0.269 e. The van der Waals surface area contributed by atoms with Crippen molar-refractivity contribution in [3.63, 3.8) is 0 Å². The molecule has 0 radical (unpaired) electrons. The lowest BCUT2D eigenvalue weighted by Gasteiger charge is -2.04. The van der Waals surface area contributed by atoms with Crippen LogP contribution in [0.3, 0.4) is 0 Å². The van der Waals surface area contributed by atoms with E-state index in [1.165, 1.54) is 11.8 Å². The van der Waals surface area contributed by atoms with Gasteiger partial charge in [-0.3, -0.25) is 14.2 Å². The molecule has 2 aromatic heterocycles. The molecular formula is C13H8N2O3S. The van der Waals surface area contributed by atoms with Crippen molar-refractivity contribution in [2.45, 2.75) is 11.7 Å². The van der Waals surface area contributed by atoms with Gasteiger partial charge in [0.2, 0.25) is 11.1 Å². The van der Waals surface area contributed by atoms with E-state index in [1.54, 1.807) is 28.8 Å². The molecule has 1 aliphatic heterocycles. The van der Waals surface area contributed by atoms with Gasteiger partial charge >= 0.3 is 0 Å². The third-order valence-corrected chi connectivity index (χ3v) is 4.17. The molecule has 5 nitrogen and oxygen atoms in total. The second-order valence-corrected chi connectivity index (χ2v) is 5.37. The number of hydrogen-bond acceptors (Lipinski definition) is 5. The molecule has 0 saturated carbocycles. The van der Waals surface area contributed by atoms with E-state index in [1.807, 2.05) is 0 Å². The fourth-order valence-electron chi connectivity index (χ4n) is 2.30. The van der Waals surface area contributed by atoms with Gasteiger partial charge in [-0.2, -0.15) is 4.98 Å². The van der Waals surface area contributed by atoms with Crippen molar-refractivity contribution in [1.29, 1.82) is 0 Å². The molecule has 0 saturated heterocycles. The normalized spacial score (nSPS) is 14.1. The van der Waals surface area contributed by atoms with E-state index in [0.717, 1.165) is 5.75 Å². The average molecular weight is 272 g/mol. The molecule has 3 heterocycles. The number of para-hydroxylation sites is 1. The maximum atomic E-state index is 12.4. The number of benzene rings is 1. The highest BCUT2D eigenvalue weighted by molar-refractivity contribution is 7.99. The third-order valence-electron chi connectivity index (χ3n) is 3.21. The predicted molar refractivity (Wildman–Crippen MR) is 72.8 cm³/mol. The lowest BCUT2D eigenvalue weighted by molar-refractivity contribution is 0.606. The zero-order chi connectivity index (χ0) is 13.0. The van der Waals surface area contributed by atoms with Crippen LogP contribution < -0.4 is 11.0 Å². The topological polar surface area (TPSA) is 65.1 Å². The highest BCUT2D eigenvalue weighted by Crippen LogP contribution is 2.23. The van der Waals surface area contributed by atoms with Crippen molar-refractivity contribution in [3.05, 3.63) is 44.8 Å². The monoisotopic (exact) mass is 272 g/mol. The van der Waals surface area contributed by atoms with E-state index in [-0.39, 0.29) is 22.1 Å². The highest BCUT2D eigenvalue weighted by Gasteiger charge is 2.20. The minimum atomic E-state index is -0.304. The van der Waals surface area contributed by atoms with E-state index in [2.05, 4.69) is 4.98 Å². The molecule has 1 aliphatic rings. The minimum absolute atomic E-state index is 0.0463. The summed E-state index contributed by atoms with van der Waals surface area (Å²) in [5.74, 6) is 0.798. The molecule has 0 bridgehead atoms. The Labute approximate surface area is 110 Å². The van der Waals surface area contributed by atoms with Gasteiger partial charge in [0.05, 0.1) is 5.39 Å². The van der Waals surface area contributed by atoms with E-state index in [0.29, 0.717) is 22.7 Å². The van der Waals surface area contributed by atoms with Crippen molar-refractivity contribution in [2.75, 3.05) is 5.75 Å². The van der Waals surface area contributed by atoms with Crippen molar-refractivity contribution >= 4 is 33.8 Å². The zero-order valence-electron chi connectivity index (χ0n) is 9.75. The van der Waals surface area contributed by atoms with Crippen molar-refractivity contribution in [3.8, 4) is 0 Å². The van der Waals surface area contributed by atoms with Gasteiger partial charge in [-0.1, -0.05) is 23.9 Å². The molecule has 0 amide bonds. The quantitative estimate of drug-likeness (QED) is 0.459. The van der Waals surface area contributed by atoms with Gasteiger partial charge in [0.15, 0.2) is 10.5 Å². The number of aromatic nitrogens is 2. The molecular weight excluding hydrogens is 264 g/mol. The standard InChI is InChI=1S/C13H8N2O3S/c16-10-7-3-1-2-4-8(7)18-11-9(10)12(17)15-5-6-19-13(15)14-11/h1-4H,5-6H2. The van der Waals surface area contributed by atoms with Gasteiger partial charge in [0.1, 0.15) is 5.58 Å². The summed E-state index contributed by atoms with van der Waals surface area (Å²) in [6, 6.07) is 6.90. The third kappa shape index (κ3) is 1.40. The summed E-state index contributed by atoms with van der Waals surface area (Å²) < 4.78 is 7.14. The first kappa shape index (κ1) is 10.8. The summed E-state index contributed by atoms with van der Waals surface area (Å²) in [6.45, 7) is 0.591. The molecule has 0 N–H and O–H groups in total. The Bertz CT molecular complexity index is 942. The minimum Gasteiger partial charge on any atom is -0.437 e. The number of thioether (sulfide) groups is 1. The molecule has 19 heavy (non-hydrogen) atoms. The largest absolute Gasteiger partial charge is 0.437 e. The van der Waals surface area contributed by atoms with Gasteiger partial charge < -0.3 is 4.42 Å². The summed E-state index contributed by atoms with van der Waals surface area (Å²) in [4.78, 5) is 29.0. The molecule has 0 aliphatic carbocycles. The summed E-state index contributed by atoms with van der Waals surface area (Å²) >= 11 is 1.50. The Morgan fingerprint density at radius 3 is 3.00 bits per heavy atom. The summed E-state index contributed by atoms with van der Waals surface area (Å²) in [7, 11) is 0. The van der Waals surface area contributed by atoms with Gasteiger partial charge in [-0.05, 0) is 12.1 Å². The van der Waals surface area contributed by atoms with Crippen LogP contribution in [-0.4, -0.2) is 15.3 Å². The molecule has 6 heteroatoms. The highest BCUT2D eigenvalue weighted by atomic mass is 32.2. The van der Waals surface area contributed by atoms with Gasteiger partial charge in [-0.25, -0.2) is 0 Å². The molecule has 4 rings (SSSR count).